The lowest BCUT2D eigenvalue weighted by Crippen LogP contribution is -1.99. The third-order valence-electron chi connectivity index (χ3n) is 4.95. The molecule has 0 N–H and O–H groups in total. The first-order valence-corrected chi connectivity index (χ1v) is 8.79. The van der Waals surface area contributed by atoms with Crippen molar-refractivity contribution in [2.45, 2.75) is 19.4 Å². The lowest BCUT2D eigenvalue weighted by molar-refractivity contribution is 0.657. The molecule has 0 unspecified atom stereocenters. The van der Waals surface area contributed by atoms with Crippen LogP contribution in [0.1, 0.15) is 12.0 Å². The van der Waals surface area contributed by atoms with Crippen LogP contribution in [0.3, 0.4) is 0 Å². The SMILES string of the molecule is Cl.c1ccc2c(CCCn3ccn4c5ccccc5nc34)cccc2c1. The first-order valence-electron chi connectivity index (χ1n) is 8.79. The van der Waals surface area contributed by atoms with E-state index in [1.54, 1.807) is 0 Å². The van der Waals surface area contributed by atoms with Gasteiger partial charge in [-0.2, -0.15) is 0 Å². The number of hydrogen-bond donors (Lipinski definition) is 0. The number of aryl methyl sites for hydroxylation is 2. The average molecular weight is 362 g/mol. The summed E-state index contributed by atoms with van der Waals surface area (Å²) in [6.45, 7) is 0.975. The minimum Gasteiger partial charge on any atom is -0.317 e. The molecule has 3 nitrogen and oxygen atoms in total. The molecule has 0 saturated heterocycles. The zero-order valence-corrected chi connectivity index (χ0v) is 15.2. The van der Waals surface area contributed by atoms with Crippen molar-refractivity contribution < 1.29 is 0 Å². The Hall–Kier alpha value is -2.78. The van der Waals surface area contributed by atoms with E-state index in [9.17, 15) is 0 Å². The highest BCUT2D eigenvalue weighted by Gasteiger charge is 2.08. The van der Waals surface area contributed by atoms with Gasteiger partial charge in [0, 0.05) is 18.9 Å². The van der Waals surface area contributed by atoms with Crippen molar-refractivity contribution in [3.05, 3.63) is 84.7 Å². The predicted octanol–water partition coefficient (Wildman–Crippen LogP) is 5.50. The van der Waals surface area contributed by atoms with Crippen LogP contribution in [0.4, 0.5) is 0 Å². The van der Waals surface area contributed by atoms with Gasteiger partial charge in [-0.1, -0.05) is 54.6 Å². The maximum Gasteiger partial charge on any atom is 0.214 e. The monoisotopic (exact) mass is 361 g/mol. The number of fused-ring (bicyclic) bond motifs is 4. The fourth-order valence-corrected chi connectivity index (χ4v) is 3.72. The van der Waals surface area contributed by atoms with Crippen molar-refractivity contribution in [2.75, 3.05) is 0 Å². The smallest absolute Gasteiger partial charge is 0.214 e. The summed E-state index contributed by atoms with van der Waals surface area (Å²) in [4.78, 5) is 4.78. The average Bonchev–Trinajstić information content (AvgIpc) is 3.22. The van der Waals surface area contributed by atoms with Crippen molar-refractivity contribution in [2.24, 2.45) is 0 Å². The van der Waals surface area contributed by atoms with E-state index in [1.807, 2.05) is 6.07 Å². The number of benzene rings is 3. The standard InChI is InChI=1S/C22H19N3.ClH/c1-2-11-19-17(7-1)8-5-9-18(19)10-6-14-24-15-16-25-21-13-4-3-12-20(21)23-22(24)25;/h1-5,7-9,11-13,15-16H,6,10,14H2;1H. The van der Waals surface area contributed by atoms with E-state index in [2.05, 4.69) is 82.0 Å². The van der Waals surface area contributed by atoms with Crippen molar-refractivity contribution in [3.8, 4) is 0 Å². The van der Waals surface area contributed by atoms with Gasteiger partial charge < -0.3 is 4.57 Å². The van der Waals surface area contributed by atoms with Crippen LogP contribution in [0.15, 0.2) is 79.1 Å². The normalized spacial score (nSPS) is 11.2. The predicted molar refractivity (Wildman–Crippen MR) is 110 cm³/mol. The third-order valence-corrected chi connectivity index (χ3v) is 4.95. The van der Waals surface area contributed by atoms with Crippen LogP contribution >= 0.6 is 12.4 Å². The Morgan fingerprint density at radius 2 is 1.62 bits per heavy atom. The fourth-order valence-electron chi connectivity index (χ4n) is 3.72. The molecule has 0 amide bonds. The molecule has 5 rings (SSSR count). The first kappa shape index (κ1) is 16.7. The number of hydrogen-bond acceptors (Lipinski definition) is 1. The van der Waals surface area contributed by atoms with Crippen molar-refractivity contribution >= 4 is 40.0 Å². The highest BCUT2D eigenvalue weighted by Crippen LogP contribution is 2.21. The number of rotatable bonds is 4. The molecular weight excluding hydrogens is 342 g/mol. The first-order chi connectivity index (χ1) is 12.4. The number of imidazole rings is 2. The van der Waals surface area contributed by atoms with Crippen molar-refractivity contribution in [3.63, 3.8) is 0 Å². The van der Waals surface area contributed by atoms with Crippen LogP contribution in [0, 0.1) is 0 Å². The van der Waals surface area contributed by atoms with Crippen LogP contribution in [-0.4, -0.2) is 14.0 Å². The minimum absolute atomic E-state index is 0. The van der Waals surface area contributed by atoms with Crippen molar-refractivity contribution in [1.29, 1.82) is 0 Å². The van der Waals surface area contributed by atoms with Gasteiger partial charge in [-0.15, -0.1) is 12.4 Å². The van der Waals surface area contributed by atoms with Crippen LogP contribution in [-0.2, 0) is 13.0 Å². The molecule has 0 radical (unpaired) electrons. The Kier molecular flexibility index (Phi) is 4.39. The zero-order valence-electron chi connectivity index (χ0n) is 14.4. The van der Waals surface area contributed by atoms with Gasteiger partial charge in [0.2, 0.25) is 5.78 Å². The van der Waals surface area contributed by atoms with E-state index >= 15 is 0 Å². The molecule has 4 heteroatoms. The molecule has 0 atom stereocenters. The molecule has 3 aromatic carbocycles. The van der Waals surface area contributed by atoms with E-state index in [-0.39, 0.29) is 12.4 Å². The van der Waals surface area contributed by atoms with Crippen LogP contribution in [0.5, 0.6) is 0 Å². The Labute approximate surface area is 158 Å². The molecule has 5 aromatic rings. The lowest BCUT2D eigenvalue weighted by atomic mass is 10.0. The number of aromatic nitrogens is 3. The summed E-state index contributed by atoms with van der Waals surface area (Å²) >= 11 is 0. The van der Waals surface area contributed by atoms with E-state index < -0.39 is 0 Å². The van der Waals surface area contributed by atoms with Gasteiger partial charge in [0.1, 0.15) is 0 Å². The second kappa shape index (κ2) is 6.85. The minimum atomic E-state index is 0. The van der Waals surface area contributed by atoms with E-state index in [4.69, 9.17) is 4.98 Å². The van der Waals surface area contributed by atoms with E-state index in [1.165, 1.54) is 21.9 Å². The third kappa shape index (κ3) is 2.74. The molecule has 2 aromatic heterocycles. The summed E-state index contributed by atoms with van der Waals surface area (Å²) in [5.41, 5.74) is 3.65. The number of halogens is 1. The molecule has 0 aliphatic rings. The summed E-state index contributed by atoms with van der Waals surface area (Å²) in [6, 6.07) is 23.5. The Morgan fingerprint density at radius 1 is 0.808 bits per heavy atom. The highest BCUT2D eigenvalue weighted by atomic mass is 35.5. The summed E-state index contributed by atoms with van der Waals surface area (Å²) in [6.07, 6.45) is 6.42. The maximum atomic E-state index is 4.78. The molecule has 0 aliphatic carbocycles. The quantitative estimate of drug-likeness (QED) is 0.414. The summed E-state index contributed by atoms with van der Waals surface area (Å²) in [7, 11) is 0. The Morgan fingerprint density at radius 3 is 2.58 bits per heavy atom. The second-order valence-electron chi connectivity index (χ2n) is 6.50. The molecule has 0 saturated carbocycles. The molecule has 0 bridgehead atoms. The Balaban J connectivity index is 0.00000168. The van der Waals surface area contributed by atoms with E-state index in [0.29, 0.717) is 0 Å². The maximum absolute atomic E-state index is 4.78. The fraction of sp³-hybridized carbons (Fsp3) is 0.136. The van der Waals surface area contributed by atoms with Crippen LogP contribution < -0.4 is 0 Å². The van der Waals surface area contributed by atoms with Gasteiger partial charge in [-0.3, -0.25) is 4.40 Å². The molecule has 0 spiro atoms. The van der Waals surface area contributed by atoms with Gasteiger partial charge in [-0.05, 0) is 41.3 Å². The van der Waals surface area contributed by atoms with Crippen molar-refractivity contribution in [1.82, 2.24) is 14.0 Å². The molecule has 2 heterocycles. The van der Waals surface area contributed by atoms with Crippen LogP contribution in [0.2, 0.25) is 0 Å². The molecular formula is C22H20ClN3. The van der Waals surface area contributed by atoms with Gasteiger partial charge in [-0.25, -0.2) is 4.98 Å². The molecule has 0 fully saturated rings. The molecule has 0 aliphatic heterocycles. The highest BCUT2D eigenvalue weighted by molar-refractivity contribution is 5.86. The molecule has 130 valence electrons. The largest absolute Gasteiger partial charge is 0.317 e. The lowest BCUT2D eigenvalue weighted by Gasteiger charge is -2.07. The zero-order chi connectivity index (χ0) is 16.6. The summed E-state index contributed by atoms with van der Waals surface area (Å²) < 4.78 is 4.43. The van der Waals surface area contributed by atoms with Gasteiger partial charge in [0.25, 0.3) is 0 Å². The van der Waals surface area contributed by atoms with Crippen LogP contribution in [0.25, 0.3) is 27.6 Å². The topological polar surface area (TPSA) is 22.2 Å². The summed E-state index contributed by atoms with van der Waals surface area (Å²) in [5, 5.41) is 2.69. The summed E-state index contributed by atoms with van der Waals surface area (Å²) in [5.74, 6) is 1.03. The van der Waals surface area contributed by atoms with Gasteiger partial charge in [0.05, 0.1) is 11.0 Å². The second-order valence-corrected chi connectivity index (χ2v) is 6.50. The van der Waals surface area contributed by atoms with Gasteiger partial charge >= 0.3 is 0 Å². The molecule has 26 heavy (non-hydrogen) atoms. The number of para-hydroxylation sites is 2. The Bertz CT molecular complexity index is 1180. The van der Waals surface area contributed by atoms with E-state index in [0.717, 1.165) is 30.7 Å². The number of nitrogens with zero attached hydrogens (tertiary/aromatic N) is 3. The van der Waals surface area contributed by atoms with Gasteiger partial charge in [0.15, 0.2) is 0 Å².